The number of aromatic nitrogens is 1. The number of aryl methyl sites for hydroxylation is 5. The second-order valence-corrected chi connectivity index (χ2v) is 19.1. The van der Waals surface area contributed by atoms with Crippen molar-refractivity contribution < 1.29 is 36.2 Å². The molecule has 4 fully saturated rings. The van der Waals surface area contributed by atoms with E-state index in [1.54, 1.807) is 0 Å². The van der Waals surface area contributed by atoms with Crippen LogP contribution in [0.3, 0.4) is 0 Å². The molecule has 0 aliphatic heterocycles. The number of phenols is 1. The van der Waals surface area contributed by atoms with Gasteiger partial charge in [-0.05, 0) is 110 Å². The number of alkyl halides is 3. The Hall–Kier alpha value is -2.33. The topological polar surface area (TPSA) is 46.7 Å². The smallest absolute Gasteiger partial charge is 0.419 e. The van der Waals surface area contributed by atoms with Gasteiger partial charge in [-0.15, -0.1) is 0 Å². The van der Waals surface area contributed by atoms with E-state index >= 15 is 0 Å². The molecular weight excluding hydrogens is 725 g/mol. The molecule has 6 aliphatic carbocycles. The van der Waals surface area contributed by atoms with Crippen LogP contribution in [0.2, 0.25) is 0 Å². The molecule has 1 N–H and O–H groups in total. The van der Waals surface area contributed by atoms with Crippen LogP contribution in [0.4, 0.5) is 13.2 Å². The van der Waals surface area contributed by atoms with Gasteiger partial charge in [0.1, 0.15) is 5.75 Å². The summed E-state index contributed by atoms with van der Waals surface area (Å²) in [4.78, 5) is 4.11. The molecule has 2 aromatic carbocycles. The van der Waals surface area contributed by atoms with Crippen molar-refractivity contribution >= 4 is 4.40 Å². The van der Waals surface area contributed by atoms with E-state index in [9.17, 15) is 18.3 Å². The molecule has 1 heterocycles. The molecule has 3 nitrogen and oxygen atoms in total. The average molecular weight is 784 g/mol. The van der Waals surface area contributed by atoms with E-state index in [0.29, 0.717) is 22.9 Å². The molecule has 0 spiro atoms. The van der Waals surface area contributed by atoms with Crippen molar-refractivity contribution in [2.45, 2.75) is 150 Å². The summed E-state index contributed by atoms with van der Waals surface area (Å²) in [5.41, 5.74) is 9.66. The van der Waals surface area contributed by atoms with Gasteiger partial charge in [0.2, 0.25) is 0 Å². The second kappa shape index (κ2) is 15.2. The first-order valence-electron chi connectivity index (χ1n) is 19.4. The molecule has 0 radical (unpaired) electrons. The Morgan fingerprint density at radius 2 is 1.25 bits per heavy atom. The second-order valence-electron chi connectivity index (χ2n) is 17.6. The fourth-order valence-electron chi connectivity index (χ4n) is 9.95. The van der Waals surface area contributed by atoms with Crippen molar-refractivity contribution in [1.29, 1.82) is 0 Å². The van der Waals surface area contributed by atoms with Gasteiger partial charge in [-0.1, -0.05) is 32.0 Å². The molecule has 4 bridgehead atoms. The van der Waals surface area contributed by atoms with Crippen LogP contribution in [0, 0.1) is 50.9 Å². The zero-order chi connectivity index (χ0) is 36.7. The van der Waals surface area contributed by atoms with Crippen LogP contribution in [-0.2, 0) is 49.8 Å². The third-order valence-corrected chi connectivity index (χ3v) is 15.1. The van der Waals surface area contributed by atoms with Crippen LogP contribution in [-0.4, -0.2) is 15.0 Å². The van der Waals surface area contributed by atoms with Gasteiger partial charge < -0.3 is 10.1 Å². The van der Waals surface area contributed by atoms with E-state index in [1.807, 2.05) is 39.8 Å². The molecule has 4 saturated carbocycles. The minimum atomic E-state index is -4.55. The zero-order valence-electron chi connectivity index (χ0n) is 31.9. The Kier molecular flexibility index (Phi) is 11.4. The van der Waals surface area contributed by atoms with Gasteiger partial charge in [-0.2, -0.15) is 24.6 Å². The first kappa shape index (κ1) is 38.4. The quantitative estimate of drug-likeness (QED) is 0.263. The van der Waals surface area contributed by atoms with Crippen molar-refractivity contribution in [2.75, 3.05) is 0 Å². The van der Waals surface area contributed by atoms with Gasteiger partial charge in [0.25, 0.3) is 0 Å². The predicted molar refractivity (Wildman–Crippen MR) is 199 cm³/mol. The number of benzene rings is 2. The monoisotopic (exact) mass is 785 g/mol. The van der Waals surface area contributed by atoms with Gasteiger partial charge in [-0.3, -0.25) is 0 Å². The molecule has 3 aromatic rings. The largest absolute Gasteiger partial charge is 0.665 e. The summed E-state index contributed by atoms with van der Waals surface area (Å²) in [6.07, 6.45) is 11.6. The molecule has 51 heavy (non-hydrogen) atoms. The van der Waals surface area contributed by atoms with Gasteiger partial charge in [0.05, 0.1) is 5.56 Å². The number of fused-ring (bicyclic) bond motifs is 2. The Morgan fingerprint density at radius 3 is 1.73 bits per heavy atom. The molecule has 1 aromatic heterocycles. The standard InChI is InChI=1S/C23H25F3O.C10H15N.C6H8N.C5H10.Mo/c1-13-11-15-7-3-5-9-17(15)20(14(13)2)21-18-10-6-4-8-16(18)12-19(22(21)27)23(24,25)26;11-10-4-7-1-8(5-10)3-9(2-7)6-10;1-5-3-4-6(2)7-5;1-5(2,3)4;/h11-12,27H,3-10H2,1-2H3;7-9H,1-6H2;3-4H,1-2H3;1H,2-4H3;/q;;-1;;. The van der Waals surface area contributed by atoms with Crippen LogP contribution in [0.5, 0.6) is 5.75 Å². The van der Waals surface area contributed by atoms with Gasteiger partial charge in [0.15, 0.2) is 0 Å². The van der Waals surface area contributed by atoms with Gasteiger partial charge in [0, 0.05) is 5.56 Å². The van der Waals surface area contributed by atoms with Crippen LogP contribution in [0.15, 0.2) is 27.8 Å². The number of aromatic hydroxyl groups is 1. The number of halogens is 3. The number of hydrogen-bond acceptors (Lipinski definition) is 2. The Labute approximate surface area is 312 Å². The predicted octanol–water partition coefficient (Wildman–Crippen LogP) is 11.8. The Balaban J connectivity index is 0.000000157. The van der Waals surface area contributed by atoms with Crippen molar-refractivity contribution in [3.05, 3.63) is 74.6 Å². The number of nitrogens with zero attached hydrogens (tertiary/aromatic N) is 2. The van der Waals surface area contributed by atoms with Crippen molar-refractivity contribution in [3.8, 4) is 16.9 Å². The normalized spacial score (nSPS) is 24.7. The first-order chi connectivity index (χ1) is 24.0. The van der Waals surface area contributed by atoms with Crippen LogP contribution in [0.25, 0.3) is 11.1 Å². The minimum Gasteiger partial charge on any atom is -0.665 e. The molecule has 6 aliphatic rings. The Bertz CT molecular complexity index is 1750. The van der Waals surface area contributed by atoms with Crippen LogP contribution >= 0.6 is 0 Å². The maximum Gasteiger partial charge on any atom is 0.419 e. The number of rotatable bonds is 2. The molecule has 9 rings (SSSR count). The SMILES string of the molecule is CC(C)(C)[CH]=[Mo]=[N]C12CC3CC(CC(C3)C1)C2.Cc1cc2c(c(-c3c(O)c(C(F)(F)F)cc4c3CCCC4)c1C)CCCC2.Cc1ccc(C)[n-]1. The van der Waals surface area contributed by atoms with Crippen LogP contribution in [0.1, 0.15) is 135 Å². The third-order valence-electron chi connectivity index (χ3n) is 11.9. The first-order valence-corrected chi connectivity index (χ1v) is 21.4. The van der Waals surface area contributed by atoms with E-state index < -0.39 is 17.5 Å². The molecule has 0 unspecified atom stereocenters. The Morgan fingerprint density at radius 1 is 0.765 bits per heavy atom. The molecule has 0 amide bonds. The van der Waals surface area contributed by atoms with Gasteiger partial charge >= 0.3 is 120 Å². The zero-order valence-corrected chi connectivity index (χ0v) is 33.9. The van der Waals surface area contributed by atoms with E-state index in [2.05, 4.69) is 36.2 Å². The van der Waals surface area contributed by atoms with Crippen molar-refractivity contribution in [2.24, 2.45) is 26.7 Å². The maximum atomic E-state index is 13.7. The maximum absolute atomic E-state index is 13.7. The summed E-state index contributed by atoms with van der Waals surface area (Å²) in [6, 6.07) is 7.39. The van der Waals surface area contributed by atoms with E-state index in [0.717, 1.165) is 107 Å². The minimum absolute atomic E-state index is 0.214. The van der Waals surface area contributed by atoms with E-state index in [1.165, 1.54) is 50.2 Å². The molecule has 0 atom stereocenters. The van der Waals surface area contributed by atoms with E-state index in [4.69, 9.17) is 3.50 Å². The third kappa shape index (κ3) is 8.90. The molecular formula is C44H58F3MoN2O-. The number of phenolic OH excluding ortho intramolecular Hbond substituents is 1. The summed E-state index contributed by atoms with van der Waals surface area (Å²) in [5, 5.41) is 10.8. The fraction of sp³-hybridized carbons (Fsp3) is 0.614. The summed E-state index contributed by atoms with van der Waals surface area (Å²) in [7, 11) is 0. The molecule has 0 saturated heterocycles. The van der Waals surface area contributed by atoms with Crippen molar-refractivity contribution in [1.82, 2.24) is 4.98 Å². The summed E-state index contributed by atoms with van der Waals surface area (Å²) < 4.78 is 48.8. The van der Waals surface area contributed by atoms with Crippen molar-refractivity contribution in [3.63, 3.8) is 0 Å². The molecule has 7 heteroatoms. The summed E-state index contributed by atoms with van der Waals surface area (Å²) >= 11 is -0.214. The summed E-state index contributed by atoms with van der Waals surface area (Å²) in [6.45, 7) is 14.9. The van der Waals surface area contributed by atoms with Crippen LogP contribution < -0.4 is 4.98 Å². The van der Waals surface area contributed by atoms with Gasteiger partial charge in [-0.25, -0.2) is 0 Å². The van der Waals surface area contributed by atoms with E-state index in [-0.39, 0.29) is 17.9 Å². The molecule has 278 valence electrons. The fourth-order valence-corrected chi connectivity index (χ4v) is 12.0. The average Bonchev–Trinajstić information content (AvgIpc) is 3.42. The summed E-state index contributed by atoms with van der Waals surface area (Å²) in [5.74, 6) is 2.57. The number of hydrogen-bond donors (Lipinski definition) is 1.